The molecule has 0 atom stereocenters. The third-order valence-corrected chi connectivity index (χ3v) is 2.69. The van der Waals surface area contributed by atoms with E-state index in [9.17, 15) is 0 Å². The van der Waals surface area contributed by atoms with Gasteiger partial charge in [0.25, 0.3) is 0 Å². The van der Waals surface area contributed by atoms with Gasteiger partial charge in [-0.15, -0.1) is 0 Å². The minimum atomic E-state index is 0.521. The molecule has 0 heterocycles. The van der Waals surface area contributed by atoms with Crippen LogP contribution in [-0.4, -0.2) is 0 Å². The molecule has 76 valence electrons. The van der Waals surface area contributed by atoms with Crippen molar-refractivity contribution in [3.8, 4) is 17.2 Å². The fraction of sp³-hybridized carbons (Fsp3) is 0.133. The zero-order valence-corrected chi connectivity index (χ0v) is 9.33. The maximum Gasteiger partial charge on any atom is 0.108 e. The number of nitriles is 1. The SMILES string of the molecule is Cc1ccc(-c2c#cc(C#N)cc2)cc1C. The number of benzene rings is 1. The standard InChI is InChI=1S/C15H11N/c1-11-3-6-15(9-12(11)2)14-7-4-13(10-16)5-8-14/h3-4,6-7,9H,1-2H3. The molecule has 0 amide bonds. The second-order valence-corrected chi connectivity index (χ2v) is 3.82. The van der Waals surface area contributed by atoms with Crippen molar-refractivity contribution in [3.05, 3.63) is 59.2 Å². The number of aryl methyl sites for hydroxylation is 2. The van der Waals surface area contributed by atoms with Crippen molar-refractivity contribution in [2.75, 3.05) is 0 Å². The van der Waals surface area contributed by atoms with E-state index in [1.165, 1.54) is 11.1 Å². The summed E-state index contributed by atoms with van der Waals surface area (Å²) in [6.45, 7) is 4.18. The highest BCUT2D eigenvalue weighted by molar-refractivity contribution is 5.63. The number of hydrogen-bond acceptors (Lipinski definition) is 1. The molecule has 1 nitrogen and oxygen atoms in total. The van der Waals surface area contributed by atoms with E-state index < -0.39 is 0 Å². The summed E-state index contributed by atoms with van der Waals surface area (Å²) >= 11 is 0. The summed E-state index contributed by atoms with van der Waals surface area (Å²) in [7, 11) is 0. The lowest BCUT2D eigenvalue weighted by molar-refractivity contribution is 1.34. The van der Waals surface area contributed by atoms with E-state index >= 15 is 0 Å². The Balaban J connectivity index is 2.43. The molecular formula is C15H11N. The zero-order chi connectivity index (χ0) is 11.5. The highest BCUT2D eigenvalue weighted by Crippen LogP contribution is 2.20. The van der Waals surface area contributed by atoms with Crippen molar-refractivity contribution in [3.63, 3.8) is 0 Å². The van der Waals surface area contributed by atoms with Gasteiger partial charge in [-0.2, -0.15) is 5.26 Å². The van der Waals surface area contributed by atoms with Gasteiger partial charge in [-0.3, -0.25) is 0 Å². The molecule has 0 unspecified atom stereocenters. The van der Waals surface area contributed by atoms with Crippen molar-refractivity contribution in [1.29, 1.82) is 5.26 Å². The van der Waals surface area contributed by atoms with Gasteiger partial charge in [0.1, 0.15) is 11.6 Å². The number of hydrogen-bond donors (Lipinski definition) is 0. The van der Waals surface area contributed by atoms with Gasteiger partial charge in [0.05, 0.1) is 0 Å². The lowest BCUT2D eigenvalue weighted by Gasteiger charge is -2.03. The van der Waals surface area contributed by atoms with Gasteiger partial charge in [0.15, 0.2) is 0 Å². The van der Waals surface area contributed by atoms with Gasteiger partial charge in [-0.25, -0.2) is 0 Å². The largest absolute Gasteiger partial charge is 0.192 e. The fourth-order valence-electron chi connectivity index (χ4n) is 1.53. The first kappa shape index (κ1) is 10.3. The summed E-state index contributed by atoms with van der Waals surface area (Å²) in [5, 5.41) is 8.68. The molecule has 0 aliphatic carbocycles. The Morgan fingerprint density at radius 3 is 2.38 bits per heavy atom. The van der Waals surface area contributed by atoms with Crippen molar-refractivity contribution in [1.82, 2.24) is 0 Å². The first-order valence-corrected chi connectivity index (χ1v) is 5.12. The van der Waals surface area contributed by atoms with E-state index in [4.69, 9.17) is 5.26 Å². The van der Waals surface area contributed by atoms with Crippen molar-refractivity contribution >= 4 is 0 Å². The third kappa shape index (κ3) is 1.90. The minimum Gasteiger partial charge on any atom is -0.192 e. The first-order valence-electron chi connectivity index (χ1n) is 5.12. The molecule has 2 rings (SSSR count). The van der Waals surface area contributed by atoms with E-state index in [1.54, 1.807) is 6.07 Å². The van der Waals surface area contributed by atoms with Crippen LogP contribution in [0.5, 0.6) is 0 Å². The Bertz CT molecular complexity index is 545. The molecule has 0 N–H and O–H groups in total. The smallest absolute Gasteiger partial charge is 0.108 e. The minimum absolute atomic E-state index is 0.521. The predicted octanol–water partition coefficient (Wildman–Crippen LogP) is 3.44. The van der Waals surface area contributed by atoms with Crippen molar-refractivity contribution < 1.29 is 0 Å². The normalized spacial score (nSPS) is 9.31. The molecule has 0 radical (unpaired) electrons. The molecule has 1 heteroatoms. The summed E-state index contributed by atoms with van der Waals surface area (Å²) in [5.41, 5.74) is 5.15. The van der Waals surface area contributed by atoms with E-state index in [0.717, 1.165) is 11.1 Å². The van der Waals surface area contributed by atoms with E-state index in [0.29, 0.717) is 5.56 Å². The van der Waals surface area contributed by atoms with Crippen LogP contribution >= 0.6 is 0 Å². The summed E-state index contributed by atoms with van der Waals surface area (Å²) in [6.07, 6.45) is 0. The Kier molecular flexibility index (Phi) is 2.63. The molecule has 2 aromatic carbocycles. The molecule has 0 aliphatic heterocycles. The second-order valence-electron chi connectivity index (χ2n) is 3.82. The molecule has 16 heavy (non-hydrogen) atoms. The molecule has 2 aromatic rings. The Morgan fingerprint density at radius 1 is 1.00 bits per heavy atom. The van der Waals surface area contributed by atoms with Crippen LogP contribution in [0.4, 0.5) is 0 Å². The quantitative estimate of drug-likeness (QED) is 0.699. The highest BCUT2D eigenvalue weighted by Gasteiger charge is 1.99. The molecule has 0 fully saturated rings. The lowest BCUT2D eigenvalue weighted by Crippen LogP contribution is -1.83. The predicted molar refractivity (Wildman–Crippen MR) is 63.7 cm³/mol. The van der Waals surface area contributed by atoms with Gasteiger partial charge < -0.3 is 0 Å². The van der Waals surface area contributed by atoms with Crippen molar-refractivity contribution in [2.24, 2.45) is 0 Å². The third-order valence-electron chi connectivity index (χ3n) is 2.69. The monoisotopic (exact) mass is 205 g/mol. The van der Waals surface area contributed by atoms with Crippen LogP contribution in [-0.2, 0) is 0 Å². The Morgan fingerprint density at radius 2 is 1.81 bits per heavy atom. The van der Waals surface area contributed by atoms with Crippen LogP contribution in [0.15, 0.2) is 30.3 Å². The van der Waals surface area contributed by atoms with Gasteiger partial charge in [0.2, 0.25) is 0 Å². The maximum absolute atomic E-state index is 8.68. The van der Waals surface area contributed by atoms with Gasteiger partial charge in [0, 0.05) is 5.56 Å². The molecular weight excluding hydrogens is 194 g/mol. The topological polar surface area (TPSA) is 23.8 Å². The van der Waals surface area contributed by atoms with Crippen LogP contribution in [0.2, 0.25) is 0 Å². The Hall–Kier alpha value is -2.25. The number of nitrogens with zero attached hydrogens (tertiary/aromatic N) is 1. The molecule has 0 aromatic heterocycles. The average molecular weight is 205 g/mol. The second kappa shape index (κ2) is 4.09. The molecule has 0 spiro atoms. The van der Waals surface area contributed by atoms with Crippen LogP contribution in [0.3, 0.4) is 0 Å². The number of rotatable bonds is 1. The lowest BCUT2D eigenvalue weighted by atomic mass is 10.0. The van der Waals surface area contributed by atoms with E-state index in [-0.39, 0.29) is 0 Å². The average Bonchev–Trinajstić information content (AvgIpc) is 2.33. The van der Waals surface area contributed by atoms with Crippen LogP contribution in [0, 0.1) is 37.3 Å². The van der Waals surface area contributed by atoms with Crippen LogP contribution in [0.25, 0.3) is 11.1 Å². The van der Waals surface area contributed by atoms with Gasteiger partial charge in [-0.05, 0) is 42.7 Å². The fourth-order valence-corrected chi connectivity index (χ4v) is 1.53. The van der Waals surface area contributed by atoms with E-state index in [2.05, 4.69) is 44.2 Å². The summed E-state index contributed by atoms with van der Waals surface area (Å²) in [4.78, 5) is 0. The van der Waals surface area contributed by atoms with Gasteiger partial charge in [-0.1, -0.05) is 30.3 Å². The zero-order valence-electron chi connectivity index (χ0n) is 9.33. The van der Waals surface area contributed by atoms with Crippen LogP contribution < -0.4 is 0 Å². The maximum atomic E-state index is 8.68. The molecule has 0 saturated carbocycles. The van der Waals surface area contributed by atoms with Crippen molar-refractivity contribution in [2.45, 2.75) is 13.8 Å². The molecule has 0 aliphatic rings. The highest BCUT2D eigenvalue weighted by atomic mass is 14.2. The van der Waals surface area contributed by atoms with Gasteiger partial charge >= 0.3 is 0 Å². The summed E-state index contributed by atoms with van der Waals surface area (Å²) in [6, 6.07) is 17.8. The first-order chi connectivity index (χ1) is 7.70. The Labute approximate surface area is 96.0 Å². The summed E-state index contributed by atoms with van der Waals surface area (Å²) in [5.74, 6) is 0. The van der Waals surface area contributed by atoms with E-state index in [1.807, 2.05) is 12.1 Å². The molecule has 0 saturated heterocycles. The summed E-state index contributed by atoms with van der Waals surface area (Å²) < 4.78 is 0. The molecule has 0 bridgehead atoms. The van der Waals surface area contributed by atoms with Crippen LogP contribution in [0.1, 0.15) is 16.7 Å².